The summed E-state index contributed by atoms with van der Waals surface area (Å²) >= 11 is 0. The first-order chi connectivity index (χ1) is 8.33. The summed E-state index contributed by atoms with van der Waals surface area (Å²) in [7, 11) is 0. The van der Waals surface area contributed by atoms with Crippen LogP contribution in [0.3, 0.4) is 0 Å². The fourth-order valence-electron chi connectivity index (χ4n) is 2.22. The van der Waals surface area contributed by atoms with Crippen molar-refractivity contribution in [2.45, 2.75) is 18.9 Å². The molecule has 3 rings (SSSR count). The normalized spacial score (nSPS) is 19.6. The van der Waals surface area contributed by atoms with E-state index in [-0.39, 0.29) is 0 Å². The largest absolute Gasteiger partial charge is 0.399 e. The number of aromatic nitrogens is 1. The molecule has 0 bridgehead atoms. The summed E-state index contributed by atoms with van der Waals surface area (Å²) in [6.45, 7) is 1.06. The molecule has 2 heterocycles. The fraction of sp³-hybridized carbons (Fsp3) is 0.308. The molecule has 88 valence electrons. The summed E-state index contributed by atoms with van der Waals surface area (Å²) in [6, 6.07) is 9.99. The van der Waals surface area contributed by atoms with Crippen LogP contribution in [0.15, 0.2) is 34.9 Å². The molecule has 3 N–H and O–H groups in total. The first kappa shape index (κ1) is 10.4. The van der Waals surface area contributed by atoms with Gasteiger partial charge in [0, 0.05) is 17.3 Å². The Kier molecular flexibility index (Phi) is 2.57. The average Bonchev–Trinajstić information content (AvgIpc) is 3.00. The summed E-state index contributed by atoms with van der Waals surface area (Å²) in [4.78, 5) is 0. The Morgan fingerprint density at radius 3 is 3.06 bits per heavy atom. The average molecular weight is 229 g/mol. The Balaban J connectivity index is 1.89. The lowest BCUT2D eigenvalue weighted by molar-refractivity contribution is 0.412. The van der Waals surface area contributed by atoms with Crippen molar-refractivity contribution in [2.75, 3.05) is 12.3 Å². The summed E-state index contributed by atoms with van der Waals surface area (Å²) in [5, 5.41) is 7.53. The van der Waals surface area contributed by atoms with Crippen molar-refractivity contribution in [1.82, 2.24) is 10.5 Å². The number of rotatable bonds is 2. The van der Waals surface area contributed by atoms with Gasteiger partial charge in [-0.15, -0.1) is 0 Å². The van der Waals surface area contributed by atoms with Crippen molar-refractivity contribution < 1.29 is 4.52 Å². The molecule has 17 heavy (non-hydrogen) atoms. The lowest BCUT2D eigenvalue weighted by Crippen LogP contribution is -2.12. The second-order valence-corrected chi connectivity index (χ2v) is 4.39. The van der Waals surface area contributed by atoms with Crippen molar-refractivity contribution in [1.29, 1.82) is 0 Å². The summed E-state index contributed by atoms with van der Waals surface area (Å²) in [6.07, 6.45) is 2.33. The molecule has 4 nitrogen and oxygen atoms in total. The van der Waals surface area contributed by atoms with Crippen LogP contribution in [0.2, 0.25) is 0 Å². The summed E-state index contributed by atoms with van der Waals surface area (Å²) < 4.78 is 5.37. The first-order valence-corrected chi connectivity index (χ1v) is 5.89. The number of hydrogen-bond donors (Lipinski definition) is 2. The van der Waals surface area contributed by atoms with Crippen molar-refractivity contribution >= 4 is 5.69 Å². The predicted octanol–water partition coefficient (Wildman–Crippen LogP) is 2.35. The number of benzene rings is 1. The van der Waals surface area contributed by atoms with Crippen LogP contribution in [-0.4, -0.2) is 11.7 Å². The number of nitrogens with one attached hydrogen (secondary N) is 1. The lowest BCUT2D eigenvalue weighted by Gasteiger charge is -2.03. The van der Waals surface area contributed by atoms with Crippen molar-refractivity contribution in [3.8, 4) is 11.3 Å². The third-order valence-electron chi connectivity index (χ3n) is 3.12. The number of hydrogen-bond acceptors (Lipinski definition) is 4. The number of anilines is 1. The van der Waals surface area contributed by atoms with Gasteiger partial charge in [0.2, 0.25) is 0 Å². The van der Waals surface area contributed by atoms with Crippen LogP contribution in [0.1, 0.15) is 24.6 Å². The molecule has 0 radical (unpaired) electrons. The van der Waals surface area contributed by atoms with Gasteiger partial charge in [0.15, 0.2) is 5.76 Å². The molecule has 1 atom stereocenters. The van der Waals surface area contributed by atoms with Crippen LogP contribution in [0.5, 0.6) is 0 Å². The Bertz CT molecular complexity index is 515. The molecule has 0 aliphatic carbocycles. The Hall–Kier alpha value is -1.81. The zero-order chi connectivity index (χ0) is 11.7. The first-order valence-electron chi connectivity index (χ1n) is 5.89. The Morgan fingerprint density at radius 1 is 1.35 bits per heavy atom. The monoisotopic (exact) mass is 229 g/mol. The second kappa shape index (κ2) is 4.22. The third-order valence-corrected chi connectivity index (χ3v) is 3.12. The van der Waals surface area contributed by atoms with E-state index in [1.54, 1.807) is 0 Å². The quantitative estimate of drug-likeness (QED) is 0.776. The molecule has 1 aliphatic rings. The van der Waals surface area contributed by atoms with Crippen LogP contribution in [0, 0.1) is 0 Å². The fourth-order valence-corrected chi connectivity index (χ4v) is 2.22. The number of nitrogens with two attached hydrogens (primary N) is 1. The van der Waals surface area contributed by atoms with E-state index in [9.17, 15) is 0 Å². The molecule has 1 unspecified atom stereocenters. The van der Waals surface area contributed by atoms with E-state index in [0.717, 1.165) is 35.7 Å². The van der Waals surface area contributed by atoms with E-state index in [2.05, 4.69) is 10.5 Å². The minimum Gasteiger partial charge on any atom is -0.399 e. The van der Waals surface area contributed by atoms with Gasteiger partial charge in [-0.2, -0.15) is 0 Å². The second-order valence-electron chi connectivity index (χ2n) is 4.39. The smallest absolute Gasteiger partial charge is 0.167 e. The van der Waals surface area contributed by atoms with Gasteiger partial charge in [-0.1, -0.05) is 17.3 Å². The standard InChI is InChI=1S/C13H15N3O/c14-10-4-1-3-9(7-10)13-8-12(16-17-13)11-5-2-6-15-11/h1,3-4,7-8,11,15H,2,5-6,14H2. The highest BCUT2D eigenvalue weighted by atomic mass is 16.5. The zero-order valence-corrected chi connectivity index (χ0v) is 9.52. The number of nitrogen functional groups attached to an aromatic ring is 1. The highest BCUT2D eigenvalue weighted by molar-refractivity contribution is 5.62. The number of nitrogens with zero attached hydrogens (tertiary/aromatic N) is 1. The molecule has 4 heteroatoms. The molecule has 2 aromatic rings. The molecule has 1 aliphatic heterocycles. The lowest BCUT2D eigenvalue weighted by atomic mass is 10.1. The summed E-state index contributed by atoms with van der Waals surface area (Å²) in [5.74, 6) is 0.779. The predicted molar refractivity (Wildman–Crippen MR) is 66.3 cm³/mol. The van der Waals surface area contributed by atoms with Crippen LogP contribution in [-0.2, 0) is 0 Å². The highest BCUT2D eigenvalue weighted by Crippen LogP contribution is 2.27. The minimum atomic E-state index is 0.341. The molecule has 0 spiro atoms. The van der Waals surface area contributed by atoms with Crippen LogP contribution in [0.4, 0.5) is 5.69 Å². The van der Waals surface area contributed by atoms with Crippen molar-refractivity contribution in [3.05, 3.63) is 36.0 Å². The van der Waals surface area contributed by atoms with Gasteiger partial charge in [0.25, 0.3) is 0 Å². The molecule has 1 saturated heterocycles. The molecule has 0 amide bonds. The summed E-state index contributed by atoms with van der Waals surface area (Å²) in [5.41, 5.74) is 8.45. The van der Waals surface area contributed by atoms with Gasteiger partial charge in [-0.3, -0.25) is 0 Å². The van der Waals surface area contributed by atoms with Crippen LogP contribution < -0.4 is 11.1 Å². The Labute approximate surface area is 99.8 Å². The van der Waals surface area contributed by atoms with E-state index in [1.807, 2.05) is 30.3 Å². The molecule has 1 fully saturated rings. The molecule has 1 aromatic heterocycles. The van der Waals surface area contributed by atoms with Crippen LogP contribution >= 0.6 is 0 Å². The van der Waals surface area contributed by atoms with Crippen LogP contribution in [0.25, 0.3) is 11.3 Å². The minimum absolute atomic E-state index is 0.341. The molecular weight excluding hydrogens is 214 g/mol. The molecule has 0 saturated carbocycles. The van der Waals surface area contributed by atoms with E-state index in [1.165, 1.54) is 6.42 Å². The maximum absolute atomic E-state index is 5.75. The van der Waals surface area contributed by atoms with E-state index < -0.39 is 0 Å². The zero-order valence-electron chi connectivity index (χ0n) is 9.52. The van der Waals surface area contributed by atoms with Gasteiger partial charge in [-0.05, 0) is 31.5 Å². The van der Waals surface area contributed by atoms with Gasteiger partial charge in [0.1, 0.15) is 5.69 Å². The van der Waals surface area contributed by atoms with Gasteiger partial charge >= 0.3 is 0 Å². The molecule has 1 aromatic carbocycles. The molecular formula is C13H15N3O. The maximum Gasteiger partial charge on any atom is 0.167 e. The van der Waals surface area contributed by atoms with Gasteiger partial charge < -0.3 is 15.6 Å². The van der Waals surface area contributed by atoms with E-state index >= 15 is 0 Å². The maximum atomic E-state index is 5.75. The SMILES string of the molecule is Nc1cccc(-c2cc(C3CCCN3)no2)c1. The van der Waals surface area contributed by atoms with Crippen molar-refractivity contribution in [3.63, 3.8) is 0 Å². The Morgan fingerprint density at radius 2 is 2.29 bits per heavy atom. The van der Waals surface area contributed by atoms with E-state index in [0.29, 0.717) is 6.04 Å². The van der Waals surface area contributed by atoms with Crippen molar-refractivity contribution in [2.24, 2.45) is 0 Å². The topological polar surface area (TPSA) is 64.1 Å². The van der Waals surface area contributed by atoms with Gasteiger partial charge in [-0.25, -0.2) is 0 Å². The third kappa shape index (κ3) is 2.03. The van der Waals surface area contributed by atoms with E-state index in [4.69, 9.17) is 10.3 Å². The van der Waals surface area contributed by atoms with Gasteiger partial charge in [0.05, 0.1) is 6.04 Å². The highest BCUT2D eigenvalue weighted by Gasteiger charge is 2.20.